The third-order valence-corrected chi connectivity index (χ3v) is 5.55. The maximum Gasteiger partial charge on any atom is 0.404 e. The first-order valence-electron chi connectivity index (χ1n) is 9.27. The number of nitrogens with two attached hydrogens (primary N) is 1. The van der Waals surface area contributed by atoms with E-state index in [1.54, 1.807) is 20.8 Å². The number of hydrogen-bond acceptors (Lipinski definition) is 10. The molecule has 2 aromatic rings. The molecule has 170 valence electrons. The van der Waals surface area contributed by atoms with Gasteiger partial charge in [-0.15, -0.1) is 0 Å². The Labute approximate surface area is 181 Å². The van der Waals surface area contributed by atoms with Gasteiger partial charge in [-0.05, 0) is 32.9 Å². The Bertz CT molecular complexity index is 1050. The summed E-state index contributed by atoms with van der Waals surface area (Å²) in [4.78, 5) is 25.4. The number of aliphatic hydroxyl groups is 2. The smallest absolute Gasteiger partial charge is 0.404 e. The lowest BCUT2D eigenvalue weighted by Gasteiger charge is -2.47. The zero-order valence-electron chi connectivity index (χ0n) is 16.9. The molecular weight excluding hydrogens is 436 g/mol. The Morgan fingerprint density at radius 3 is 2.65 bits per heavy atom. The molecule has 4 atom stereocenters. The molecule has 1 aliphatic rings. The van der Waals surface area contributed by atoms with Gasteiger partial charge in [0.15, 0.2) is 17.5 Å². The monoisotopic (exact) mass is 458 g/mol. The molecule has 0 aliphatic carbocycles. The first kappa shape index (κ1) is 22.9. The van der Waals surface area contributed by atoms with Gasteiger partial charge < -0.3 is 39.7 Å². The van der Waals surface area contributed by atoms with Crippen molar-refractivity contribution in [3.8, 4) is 11.5 Å². The molecule has 0 saturated carbocycles. The van der Waals surface area contributed by atoms with Gasteiger partial charge in [-0.1, -0.05) is 0 Å². The molecule has 0 radical (unpaired) electrons. The highest BCUT2D eigenvalue weighted by molar-refractivity contribution is 6.24. The SMILES string of the molecule is Cc1c(O[C@@H]2OC(C)(C)[C@H](CO)[C@H](OC(N)=O)C2O)ccc2c(O)c(NCl)c(=O)oc12. The molecule has 6 N–H and O–H groups in total. The number of benzene rings is 1. The van der Waals surface area contributed by atoms with Crippen LogP contribution in [0.5, 0.6) is 11.5 Å². The number of hydrogen-bond donors (Lipinski definition) is 5. The highest BCUT2D eigenvalue weighted by atomic mass is 35.5. The number of rotatable bonds is 5. The first-order chi connectivity index (χ1) is 14.5. The van der Waals surface area contributed by atoms with Crippen LogP contribution in [0.1, 0.15) is 19.4 Å². The fourth-order valence-electron chi connectivity index (χ4n) is 3.65. The summed E-state index contributed by atoms with van der Waals surface area (Å²) in [6.45, 7) is 4.41. The lowest BCUT2D eigenvalue weighted by molar-refractivity contribution is -0.290. The zero-order valence-corrected chi connectivity index (χ0v) is 17.7. The van der Waals surface area contributed by atoms with Gasteiger partial charge >= 0.3 is 11.7 Å². The molecule has 1 aromatic heterocycles. The number of aliphatic hydroxyl groups excluding tert-OH is 2. The first-order valence-corrected chi connectivity index (χ1v) is 9.65. The molecule has 3 rings (SSSR count). The summed E-state index contributed by atoms with van der Waals surface area (Å²) < 4.78 is 21.9. The van der Waals surface area contributed by atoms with Gasteiger partial charge in [0.05, 0.1) is 23.5 Å². The van der Waals surface area contributed by atoms with Crippen molar-refractivity contribution in [2.24, 2.45) is 11.7 Å². The van der Waals surface area contributed by atoms with Gasteiger partial charge in [0.1, 0.15) is 17.4 Å². The van der Waals surface area contributed by atoms with Crippen LogP contribution in [0.15, 0.2) is 21.3 Å². The number of anilines is 1. The number of fused-ring (bicyclic) bond motifs is 1. The van der Waals surface area contributed by atoms with E-state index in [2.05, 4.69) is 4.84 Å². The average molecular weight is 459 g/mol. The van der Waals surface area contributed by atoms with Crippen molar-refractivity contribution in [2.75, 3.05) is 11.4 Å². The average Bonchev–Trinajstić information content (AvgIpc) is 2.68. The third-order valence-electron chi connectivity index (χ3n) is 5.36. The van der Waals surface area contributed by atoms with E-state index in [4.69, 9.17) is 36.1 Å². The molecule has 0 spiro atoms. The molecular formula is C19H23ClN2O9. The van der Waals surface area contributed by atoms with Gasteiger partial charge in [0.25, 0.3) is 0 Å². The molecule has 1 aromatic carbocycles. The van der Waals surface area contributed by atoms with E-state index >= 15 is 0 Å². The molecule has 1 aliphatic heterocycles. The number of primary amides is 1. The quantitative estimate of drug-likeness (QED) is 0.324. The van der Waals surface area contributed by atoms with Gasteiger partial charge in [-0.3, -0.25) is 4.84 Å². The van der Waals surface area contributed by atoms with Crippen LogP contribution >= 0.6 is 11.8 Å². The fourth-order valence-corrected chi connectivity index (χ4v) is 3.82. The van der Waals surface area contributed by atoms with Crippen molar-refractivity contribution in [3.63, 3.8) is 0 Å². The predicted molar refractivity (Wildman–Crippen MR) is 109 cm³/mol. The standard InChI is InChI=1S/C19H23ClN2O9/c1-7-10(5-4-8-12(24)11(22-20)16(26)29-14(7)8)28-17-13(25)15(30-18(21)27)9(6-23)19(2,3)31-17/h4-5,9,13,15,17,22-25H,6H2,1-3H3,(H2,21,27)/t9-,13?,15+,17-/m1/s1. The van der Waals surface area contributed by atoms with Crippen LogP contribution in [0, 0.1) is 12.8 Å². The number of carbonyl (C=O) groups is 1. The van der Waals surface area contributed by atoms with Crippen LogP contribution in [0.3, 0.4) is 0 Å². The maximum absolute atomic E-state index is 12.0. The predicted octanol–water partition coefficient (Wildman–Crippen LogP) is 1.32. The van der Waals surface area contributed by atoms with Crippen molar-refractivity contribution in [1.82, 2.24) is 0 Å². The third kappa shape index (κ3) is 4.09. The van der Waals surface area contributed by atoms with Crippen LogP contribution in [-0.4, -0.2) is 52.1 Å². The van der Waals surface area contributed by atoms with E-state index in [1.165, 1.54) is 12.1 Å². The maximum atomic E-state index is 12.0. The highest BCUT2D eigenvalue weighted by Gasteiger charge is 2.52. The summed E-state index contributed by atoms with van der Waals surface area (Å²) in [5, 5.41) is 30.9. The van der Waals surface area contributed by atoms with Crippen LogP contribution in [0.25, 0.3) is 11.0 Å². The minimum absolute atomic E-state index is 0.0402. The van der Waals surface area contributed by atoms with E-state index in [-0.39, 0.29) is 22.4 Å². The number of nitrogens with one attached hydrogen (secondary N) is 1. The molecule has 1 unspecified atom stereocenters. The second kappa shape index (κ2) is 8.42. The number of amides is 1. The van der Waals surface area contributed by atoms with Crippen molar-refractivity contribution in [2.45, 2.75) is 44.9 Å². The Hall–Kier alpha value is -2.73. The molecule has 1 saturated heterocycles. The Balaban J connectivity index is 2.00. The normalized spacial score (nSPS) is 25.2. The Morgan fingerprint density at radius 2 is 2.06 bits per heavy atom. The molecule has 1 fully saturated rings. The lowest BCUT2D eigenvalue weighted by Crippen LogP contribution is -2.62. The van der Waals surface area contributed by atoms with E-state index in [9.17, 15) is 24.9 Å². The van der Waals surface area contributed by atoms with Crippen molar-refractivity contribution in [3.05, 3.63) is 28.1 Å². The summed E-state index contributed by atoms with van der Waals surface area (Å²) in [5.41, 5.74) is 3.22. The molecule has 0 bridgehead atoms. The number of aromatic hydroxyl groups is 1. The van der Waals surface area contributed by atoms with Crippen LogP contribution in [0.4, 0.5) is 10.5 Å². The summed E-state index contributed by atoms with van der Waals surface area (Å²) in [6.07, 6.45) is -5.13. The number of ether oxygens (including phenoxy) is 3. The Morgan fingerprint density at radius 1 is 1.39 bits per heavy atom. The van der Waals surface area contributed by atoms with E-state index in [0.29, 0.717) is 5.56 Å². The van der Waals surface area contributed by atoms with Crippen LogP contribution < -0.4 is 20.9 Å². The summed E-state index contributed by atoms with van der Waals surface area (Å²) in [5.74, 6) is -1.00. The molecule has 11 nitrogen and oxygen atoms in total. The molecule has 1 amide bonds. The minimum Gasteiger partial charge on any atom is -0.505 e. The number of carbonyl (C=O) groups excluding carboxylic acids is 1. The second-order valence-electron chi connectivity index (χ2n) is 7.66. The molecule has 31 heavy (non-hydrogen) atoms. The molecule has 12 heteroatoms. The van der Waals surface area contributed by atoms with E-state index in [1.807, 2.05) is 0 Å². The van der Waals surface area contributed by atoms with Crippen LogP contribution in [0.2, 0.25) is 0 Å². The van der Waals surface area contributed by atoms with Crippen molar-refractivity contribution < 1.29 is 38.7 Å². The van der Waals surface area contributed by atoms with Crippen LogP contribution in [-0.2, 0) is 9.47 Å². The number of aryl methyl sites for hydroxylation is 1. The highest BCUT2D eigenvalue weighted by Crippen LogP contribution is 2.39. The molecule has 2 heterocycles. The second-order valence-corrected chi connectivity index (χ2v) is 7.85. The topological polar surface area (TPSA) is 174 Å². The summed E-state index contributed by atoms with van der Waals surface area (Å²) >= 11 is 5.45. The van der Waals surface area contributed by atoms with Gasteiger partial charge in [0.2, 0.25) is 6.29 Å². The zero-order chi connectivity index (χ0) is 23.1. The van der Waals surface area contributed by atoms with Gasteiger partial charge in [-0.25, -0.2) is 9.59 Å². The summed E-state index contributed by atoms with van der Waals surface area (Å²) in [6, 6.07) is 2.91. The Kier molecular flexibility index (Phi) is 6.23. The van der Waals surface area contributed by atoms with E-state index < -0.39 is 54.1 Å². The minimum atomic E-state index is -1.49. The fraction of sp³-hybridized carbons (Fsp3) is 0.474. The van der Waals surface area contributed by atoms with Crippen molar-refractivity contribution >= 4 is 34.5 Å². The van der Waals surface area contributed by atoms with Crippen molar-refractivity contribution in [1.29, 1.82) is 0 Å². The van der Waals surface area contributed by atoms with E-state index in [0.717, 1.165) is 0 Å². The largest absolute Gasteiger partial charge is 0.505 e. The summed E-state index contributed by atoms with van der Waals surface area (Å²) in [7, 11) is 0. The van der Waals surface area contributed by atoms with Gasteiger partial charge in [0, 0.05) is 17.3 Å². The van der Waals surface area contributed by atoms with Gasteiger partial charge in [-0.2, -0.15) is 0 Å². The number of halogens is 1. The lowest BCUT2D eigenvalue weighted by atomic mass is 9.81.